The van der Waals surface area contributed by atoms with E-state index in [1.807, 2.05) is 14.2 Å². The molecule has 2 nitrogen and oxygen atoms in total. The van der Waals surface area contributed by atoms with Crippen molar-refractivity contribution in [3.63, 3.8) is 0 Å². The summed E-state index contributed by atoms with van der Waals surface area (Å²) < 4.78 is 11.9. The van der Waals surface area contributed by atoms with Crippen molar-refractivity contribution in [1.82, 2.24) is 0 Å². The monoisotopic (exact) mass is 324 g/mol. The topological polar surface area (TPSA) is 18.5 Å². The molecular formula is C17H32O2Si2. The predicted octanol–water partition coefficient (Wildman–Crippen LogP) is 3.88. The summed E-state index contributed by atoms with van der Waals surface area (Å²) in [6.45, 7) is 0. The summed E-state index contributed by atoms with van der Waals surface area (Å²) in [6, 6.07) is 0. The van der Waals surface area contributed by atoms with E-state index in [1.165, 1.54) is 61.6 Å². The molecule has 0 radical (unpaired) electrons. The first-order valence-electron chi connectivity index (χ1n) is 8.68. The van der Waals surface area contributed by atoms with Gasteiger partial charge in [0.15, 0.2) is 0 Å². The van der Waals surface area contributed by atoms with Gasteiger partial charge in [-0.25, -0.2) is 0 Å². The molecule has 0 aromatic heterocycles. The van der Waals surface area contributed by atoms with Gasteiger partial charge in [0.25, 0.3) is 0 Å². The molecule has 120 valence electrons. The Kier molecular flexibility index (Phi) is 6.93. The first-order valence-corrected chi connectivity index (χ1v) is 11.8. The molecule has 2 fully saturated rings. The zero-order valence-electron chi connectivity index (χ0n) is 14.0. The maximum absolute atomic E-state index is 5.97. The highest BCUT2D eigenvalue weighted by atomic mass is 28.4. The summed E-state index contributed by atoms with van der Waals surface area (Å²) in [5.74, 6) is 0. The highest BCUT2D eigenvalue weighted by Crippen LogP contribution is 2.50. The fraction of sp³-hybridized carbons (Fsp3) is 0.765. The van der Waals surface area contributed by atoms with Gasteiger partial charge in [-0.1, -0.05) is 50.0 Å². The second-order valence-corrected chi connectivity index (χ2v) is 11.9. The van der Waals surface area contributed by atoms with Crippen molar-refractivity contribution in [1.29, 1.82) is 0 Å². The van der Waals surface area contributed by atoms with Crippen LogP contribution in [0.15, 0.2) is 24.3 Å². The quantitative estimate of drug-likeness (QED) is 0.731. The maximum Gasteiger partial charge on any atom is 0.344 e. The molecule has 0 unspecified atom stereocenters. The van der Waals surface area contributed by atoms with E-state index in [4.69, 9.17) is 8.85 Å². The van der Waals surface area contributed by atoms with Crippen LogP contribution in [0, 0.1) is 0 Å². The van der Waals surface area contributed by atoms with Crippen molar-refractivity contribution in [2.24, 2.45) is 0 Å². The maximum atomic E-state index is 5.97. The summed E-state index contributed by atoms with van der Waals surface area (Å²) in [6.07, 6.45) is 19.6. The SMILES string of the molecule is CO[Si](OC)(C1CCCC1)C1CCCC1.[SiH3]C1C=CC=C1. The van der Waals surface area contributed by atoms with Gasteiger partial charge in [0.2, 0.25) is 0 Å². The average Bonchev–Trinajstić information content (AvgIpc) is 3.25. The zero-order valence-corrected chi connectivity index (χ0v) is 17.0. The Morgan fingerprint density at radius 1 is 0.810 bits per heavy atom. The van der Waals surface area contributed by atoms with E-state index in [0.29, 0.717) is 0 Å². The first kappa shape index (κ1) is 17.2. The van der Waals surface area contributed by atoms with E-state index < -0.39 is 8.56 Å². The van der Waals surface area contributed by atoms with Gasteiger partial charge in [0, 0.05) is 35.5 Å². The minimum atomic E-state index is -1.88. The van der Waals surface area contributed by atoms with Crippen LogP contribution < -0.4 is 0 Å². The lowest BCUT2D eigenvalue weighted by Gasteiger charge is -2.37. The number of rotatable bonds is 4. The van der Waals surface area contributed by atoms with Crippen LogP contribution in [-0.2, 0) is 8.85 Å². The van der Waals surface area contributed by atoms with Crippen LogP contribution in [0.4, 0.5) is 0 Å². The Morgan fingerprint density at radius 3 is 1.43 bits per heavy atom. The van der Waals surface area contributed by atoms with E-state index >= 15 is 0 Å². The van der Waals surface area contributed by atoms with Crippen LogP contribution in [0.3, 0.4) is 0 Å². The third-order valence-electron chi connectivity index (χ3n) is 5.43. The van der Waals surface area contributed by atoms with E-state index in [-0.39, 0.29) is 0 Å². The van der Waals surface area contributed by atoms with Crippen molar-refractivity contribution >= 4 is 18.8 Å². The Hall–Kier alpha value is -0.166. The normalized spacial score (nSPS) is 23.9. The fourth-order valence-electron chi connectivity index (χ4n) is 4.28. The largest absolute Gasteiger partial charge is 0.397 e. The number of hydrogen-bond donors (Lipinski definition) is 0. The number of hydrogen-bond acceptors (Lipinski definition) is 2. The number of allylic oxidation sites excluding steroid dienone is 4. The molecule has 3 aliphatic rings. The molecule has 0 bridgehead atoms. The lowest BCUT2D eigenvalue weighted by molar-refractivity contribution is 0.214. The lowest BCUT2D eigenvalue weighted by atomic mass is 10.3. The standard InChI is InChI=1S/C12H24O2Si.C5H8Si/c1-13-15(14-2,11-7-3-4-8-11)12-9-5-6-10-12;6-5-3-1-2-4-5/h11-12H,3-10H2,1-2H3;1-5H,6H3. The summed E-state index contributed by atoms with van der Waals surface area (Å²) in [4.78, 5) is 0. The molecule has 0 aromatic carbocycles. The average molecular weight is 325 g/mol. The van der Waals surface area contributed by atoms with Gasteiger partial charge in [-0.05, 0) is 31.2 Å². The molecule has 4 heteroatoms. The van der Waals surface area contributed by atoms with Crippen molar-refractivity contribution < 1.29 is 8.85 Å². The van der Waals surface area contributed by atoms with Crippen LogP contribution in [0.2, 0.25) is 16.6 Å². The summed E-state index contributed by atoms with van der Waals surface area (Å²) in [5.41, 5.74) is 2.37. The van der Waals surface area contributed by atoms with E-state index in [1.54, 1.807) is 0 Å². The Morgan fingerprint density at radius 2 is 1.19 bits per heavy atom. The molecule has 0 spiro atoms. The molecule has 0 aliphatic heterocycles. The first-order chi connectivity index (χ1) is 10.2. The Bertz CT molecular complexity index is 322. The van der Waals surface area contributed by atoms with Gasteiger partial charge in [0.05, 0.1) is 0 Å². The molecule has 3 aliphatic carbocycles. The van der Waals surface area contributed by atoms with Crippen LogP contribution in [0.1, 0.15) is 51.4 Å². The fourth-order valence-corrected chi connectivity index (χ4v) is 9.32. The van der Waals surface area contributed by atoms with Gasteiger partial charge in [-0.3, -0.25) is 0 Å². The van der Waals surface area contributed by atoms with Crippen LogP contribution >= 0.6 is 0 Å². The molecule has 0 aromatic rings. The molecule has 0 N–H and O–H groups in total. The van der Waals surface area contributed by atoms with Crippen molar-refractivity contribution in [2.45, 2.75) is 68.0 Å². The van der Waals surface area contributed by atoms with Crippen LogP contribution in [-0.4, -0.2) is 33.0 Å². The Labute approximate surface area is 134 Å². The van der Waals surface area contributed by atoms with Crippen molar-refractivity contribution in [2.75, 3.05) is 14.2 Å². The smallest absolute Gasteiger partial charge is 0.344 e. The van der Waals surface area contributed by atoms with E-state index in [0.717, 1.165) is 16.6 Å². The van der Waals surface area contributed by atoms with Gasteiger partial charge >= 0.3 is 8.56 Å². The third kappa shape index (κ3) is 4.18. The zero-order chi connectivity index (χ0) is 15.1. The summed E-state index contributed by atoms with van der Waals surface area (Å²) in [7, 11) is 3.19. The van der Waals surface area contributed by atoms with Gasteiger partial charge in [-0.15, -0.1) is 0 Å². The van der Waals surface area contributed by atoms with Crippen LogP contribution in [0.5, 0.6) is 0 Å². The van der Waals surface area contributed by atoms with Crippen molar-refractivity contribution in [3.05, 3.63) is 24.3 Å². The van der Waals surface area contributed by atoms with Gasteiger partial charge in [-0.2, -0.15) is 0 Å². The second-order valence-electron chi connectivity index (χ2n) is 6.72. The molecule has 0 saturated heterocycles. The molecule has 0 atom stereocenters. The second kappa shape index (κ2) is 8.46. The molecular weight excluding hydrogens is 292 g/mol. The molecule has 0 heterocycles. The molecule has 3 rings (SSSR count). The Balaban J connectivity index is 0.000000225. The minimum absolute atomic E-state index is 0.774. The van der Waals surface area contributed by atoms with E-state index in [2.05, 4.69) is 24.3 Å². The molecule has 21 heavy (non-hydrogen) atoms. The minimum Gasteiger partial charge on any atom is -0.397 e. The van der Waals surface area contributed by atoms with Gasteiger partial charge in [0.1, 0.15) is 0 Å². The van der Waals surface area contributed by atoms with E-state index in [9.17, 15) is 0 Å². The molecule has 0 amide bonds. The van der Waals surface area contributed by atoms with Crippen LogP contribution in [0.25, 0.3) is 0 Å². The molecule has 2 saturated carbocycles. The summed E-state index contributed by atoms with van der Waals surface area (Å²) in [5, 5.41) is 0. The highest BCUT2D eigenvalue weighted by Gasteiger charge is 2.52. The van der Waals surface area contributed by atoms with Gasteiger partial charge < -0.3 is 8.85 Å². The highest BCUT2D eigenvalue weighted by molar-refractivity contribution is 6.70. The lowest BCUT2D eigenvalue weighted by Crippen LogP contribution is -2.48. The third-order valence-corrected chi connectivity index (χ3v) is 10.9. The summed E-state index contributed by atoms with van der Waals surface area (Å²) >= 11 is 0. The van der Waals surface area contributed by atoms with Crippen molar-refractivity contribution in [3.8, 4) is 0 Å². The predicted molar refractivity (Wildman–Crippen MR) is 96.2 cm³/mol.